The third-order valence-corrected chi connectivity index (χ3v) is 7.91. The molecule has 2 aromatic carbocycles. The summed E-state index contributed by atoms with van der Waals surface area (Å²) in [5, 5.41) is 3.08. The molecule has 2 saturated heterocycles. The molecule has 8 heteroatoms. The predicted octanol–water partition coefficient (Wildman–Crippen LogP) is 2.87. The van der Waals surface area contributed by atoms with Crippen molar-refractivity contribution in [2.75, 3.05) is 49.6 Å². The highest BCUT2D eigenvalue weighted by Gasteiger charge is 2.32. The molecule has 7 nitrogen and oxygen atoms in total. The molecule has 0 aliphatic carbocycles. The van der Waals surface area contributed by atoms with Gasteiger partial charge in [-0.1, -0.05) is 29.8 Å². The summed E-state index contributed by atoms with van der Waals surface area (Å²) < 4.78 is 32.7. The number of carbonyl (C=O) groups is 1. The van der Waals surface area contributed by atoms with Crippen molar-refractivity contribution >= 4 is 27.3 Å². The molecule has 2 aliphatic heterocycles. The van der Waals surface area contributed by atoms with Crippen LogP contribution in [0.1, 0.15) is 18.4 Å². The Morgan fingerprint density at radius 2 is 1.61 bits per heavy atom. The van der Waals surface area contributed by atoms with Crippen molar-refractivity contribution < 1.29 is 17.9 Å². The average molecular weight is 444 g/mol. The zero-order valence-electron chi connectivity index (χ0n) is 17.8. The van der Waals surface area contributed by atoms with Crippen LogP contribution < -0.4 is 10.2 Å². The van der Waals surface area contributed by atoms with Crippen LogP contribution in [-0.2, 0) is 19.6 Å². The lowest BCUT2D eigenvalue weighted by Gasteiger charge is -2.32. The molecule has 1 N–H and O–H groups in total. The van der Waals surface area contributed by atoms with E-state index >= 15 is 0 Å². The molecule has 0 unspecified atom stereocenters. The maximum Gasteiger partial charge on any atom is 0.243 e. The van der Waals surface area contributed by atoms with Crippen LogP contribution in [0.4, 0.5) is 11.4 Å². The lowest BCUT2D eigenvalue weighted by Crippen LogP contribution is -2.41. The zero-order valence-corrected chi connectivity index (χ0v) is 18.6. The van der Waals surface area contributed by atoms with E-state index in [4.69, 9.17) is 4.74 Å². The molecule has 2 aliphatic rings. The van der Waals surface area contributed by atoms with Gasteiger partial charge in [-0.3, -0.25) is 4.79 Å². The third kappa shape index (κ3) is 4.92. The molecule has 0 bridgehead atoms. The van der Waals surface area contributed by atoms with Gasteiger partial charge in [-0.25, -0.2) is 8.42 Å². The Labute approximate surface area is 184 Å². The van der Waals surface area contributed by atoms with Gasteiger partial charge in [0.25, 0.3) is 0 Å². The molecular weight excluding hydrogens is 414 g/mol. The normalized spacial score (nSPS) is 18.7. The first-order chi connectivity index (χ1) is 14.9. The fourth-order valence-electron chi connectivity index (χ4n) is 4.11. The minimum Gasteiger partial charge on any atom is -0.378 e. The van der Waals surface area contributed by atoms with E-state index < -0.39 is 10.0 Å². The predicted molar refractivity (Wildman–Crippen MR) is 121 cm³/mol. The topological polar surface area (TPSA) is 79.0 Å². The van der Waals surface area contributed by atoms with Gasteiger partial charge in [-0.2, -0.15) is 4.31 Å². The molecule has 2 heterocycles. The maximum absolute atomic E-state index is 12.9. The summed E-state index contributed by atoms with van der Waals surface area (Å²) in [6.07, 6.45) is 1.02. The average Bonchev–Trinajstić information content (AvgIpc) is 2.80. The molecule has 2 aromatic rings. The number of anilines is 2. The summed E-state index contributed by atoms with van der Waals surface area (Å²) in [5.41, 5.74) is 2.81. The Hall–Kier alpha value is -2.42. The van der Waals surface area contributed by atoms with Gasteiger partial charge in [0.05, 0.1) is 29.5 Å². The Kier molecular flexibility index (Phi) is 6.60. The van der Waals surface area contributed by atoms with Gasteiger partial charge in [-0.05, 0) is 44.0 Å². The third-order valence-electron chi connectivity index (χ3n) is 6.00. The Bertz CT molecular complexity index is 1010. The van der Waals surface area contributed by atoms with Crippen molar-refractivity contribution in [3.63, 3.8) is 0 Å². The van der Waals surface area contributed by atoms with Crippen LogP contribution in [0.2, 0.25) is 0 Å². The molecular formula is C23H29N3O4S. The van der Waals surface area contributed by atoms with E-state index in [1.807, 2.05) is 31.2 Å². The van der Waals surface area contributed by atoms with Gasteiger partial charge in [0.15, 0.2) is 0 Å². The fraction of sp³-hybridized carbons (Fsp3) is 0.435. The smallest absolute Gasteiger partial charge is 0.243 e. The second-order valence-corrected chi connectivity index (χ2v) is 10.0. The molecule has 0 atom stereocenters. The number of amides is 1. The van der Waals surface area contributed by atoms with Crippen LogP contribution in [0.3, 0.4) is 0 Å². The summed E-state index contributed by atoms with van der Waals surface area (Å²) >= 11 is 0. The number of piperidine rings is 1. The van der Waals surface area contributed by atoms with Crippen molar-refractivity contribution in [3.05, 3.63) is 54.1 Å². The standard InChI is InChI=1S/C23H29N3O4S/c1-18-6-8-20(9-7-18)31(28,29)26-12-10-19(11-13-26)23(27)24-21-4-2-3-5-22(21)25-14-16-30-17-15-25/h2-9,19H,10-17H2,1H3,(H,24,27). The van der Waals surface area contributed by atoms with Crippen molar-refractivity contribution in [2.45, 2.75) is 24.7 Å². The minimum atomic E-state index is -3.52. The summed E-state index contributed by atoms with van der Waals surface area (Å²) in [5.74, 6) is -0.254. The molecule has 31 heavy (non-hydrogen) atoms. The van der Waals surface area contributed by atoms with Crippen LogP contribution in [0, 0.1) is 12.8 Å². The highest BCUT2D eigenvalue weighted by atomic mass is 32.2. The number of hydrogen-bond donors (Lipinski definition) is 1. The summed E-state index contributed by atoms with van der Waals surface area (Å²) in [6, 6.07) is 14.7. The molecule has 0 saturated carbocycles. The molecule has 4 rings (SSSR count). The molecule has 0 aromatic heterocycles. The lowest BCUT2D eigenvalue weighted by molar-refractivity contribution is -0.120. The van der Waals surface area contributed by atoms with Crippen LogP contribution >= 0.6 is 0 Å². The molecule has 166 valence electrons. The molecule has 1 amide bonds. The van der Waals surface area contributed by atoms with Gasteiger partial charge < -0.3 is 15.0 Å². The summed E-state index contributed by atoms with van der Waals surface area (Å²) in [4.78, 5) is 15.5. The van der Waals surface area contributed by atoms with Crippen LogP contribution in [-0.4, -0.2) is 58.0 Å². The Morgan fingerprint density at radius 1 is 0.968 bits per heavy atom. The first kappa shape index (κ1) is 21.8. The first-order valence-corrected chi connectivity index (χ1v) is 12.2. The number of para-hydroxylation sites is 2. The Balaban J connectivity index is 1.38. The Morgan fingerprint density at radius 3 is 2.29 bits per heavy atom. The maximum atomic E-state index is 12.9. The van der Waals surface area contributed by atoms with E-state index in [0.717, 1.165) is 30.0 Å². The SMILES string of the molecule is Cc1ccc(S(=O)(=O)N2CCC(C(=O)Nc3ccccc3N3CCOCC3)CC2)cc1. The first-order valence-electron chi connectivity index (χ1n) is 10.7. The number of hydrogen-bond acceptors (Lipinski definition) is 5. The molecule has 0 spiro atoms. The van der Waals surface area contributed by atoms with E-state index in [9.17, 15) is 13.2 Å². The quantitative estimate of drug-likeness (QED) is 0.769. The fourth-order valence-corrected chi connectivity index (χ4v) is 5.58. The monoisotopic (exact) mass is 443 g/mol. The number of benzene rings is 2. The summed E-state index contributed by atoms with van der Waals surface area (Å²) in [6.45, 7) is 5.56. The van der Waals surface area contributed by atoms with Gasteiger partial charge in [0.1, 0.15) is 0 Å². The van der Waals surface area contributed by atoms with Crippen molar-refractivity contribution in [2.24, 2.45) is 5.92 Å². The summed E-state index contributed by atoms with van der Waals surface area (Å²) in [7, 11) is -3.52. The van der Waals surface area contributed by atoms with Crippen molar-refractivity contribution in [3.8, 4) is 0 Å². The lowest BCUT2D eigenvalue weighted by atomic mass is 9.97. The number of ether oxygens (including phenoxy) is 1. The van der Waals surface area contributed by atoms with E-state index in [1.54, 1.807) is 24.3 Å². The van der Waals surface area contributed by atoms with Gasteiger partial charge in [0.2, 0.25) is 15.9 Å². The van der Waals surface area contributed by atoms with E-state index in [-0.39, 0.29) is 11.8 Å². The van der Waals surface area contributed by atoms with Gasteiger partial charge in [0, 0.05) is 32.1 Å². The molecule has 2 fully saturated rings. The van der Waals surface area contributed by atoms with Crippen LogP contribution in [0.5, 0.6) is 0 Å². The number of rotatable bonds is 5. The highest BCUT2D eigenvalue weighted by Crippen LogP contribution is 2.29. The number of carbonyl (C=O) groups excluding carboxylic acids is 1. The van der Waals surface area contributed by atoms with Gasteiger partial charge in [-0.15, -0.1) is 0 Å². The van der Waals surface area contributed by atoms with Crippen molar-refractivity contribution in [1.29, 1.82) is 0 Å². The van der Waals surface area contributed by atoms with Crippen LogP contribution in [0.15, 0.2) is 53.4 Å². The van der Waals surface area contributed by atoms with E-state index in [0.29, 0.717) is 44.0 Å². The number of aryl methyl sites for hydroxylation is 1. The van der Waals surface area contributed by atoms with E-state index in [1.165, 1.54) is 4.31 Å². The zero-order chi connectivity index (χ0) is 21.8. The largest absolute Gasteiger partial charge is 0.378 e. The molecule has 0 radical (unpaired) electrons. The highest BCUT2D eigenvalue weighted by molar-refractivity contribution is 7.89. The number of nitrogens with zero attached hydrogens (tertiary/aromatic N) is 2. The second-order valence-electron chi connectivity index (χ2n) is 8.10. The number of morpholine rings is 1. The number of nitrogens with one attached hydrogen (secondary N) is 1. The second kappa shape index (κ2) is 9.38. The number of sulfonamides is 1. The van der Waals surface area contributed by atoms with Crippen LogP contribution in [0.25, 0.3) is 0 Å². The van der Waals surface area contributed by atoms with Gasteiger partial charge >= 0.3 is 0 Å². The van der Waals surface area contributed by atoms with Crippen molar-refractivity contribution in [1.82, 2.24) is 4.31 Å². The minimum absolute atomic E-state index is 0.0481. The van der Waals surface area contributed by atoms with E-state index in [2.05, 4.69) is 10.2 Å².